The van der Waals surface area contributed by atoms with Crippen LogP contribution in [0.5, 0.6) is 5.75 Å². The topological polar surface area (TPSA) is 113 Å². The predicted octanol–water partition coefficient (Wildman–Crippen LogP) is 1.42. The number of hydrogen-bond donors (Lipinski definition) is 3. The van der Waals surface area contributed by atoms with Gasteiger partial charge in [-0.25, -0.2) is 0 Å². The molecular weight excluding hydrogens is 358 g/mol. The van der Waals surface area contributed by atoms with E-state index in [1.54, 1.807) is 30.3 Å². The largest absolute Gasteiger partial charge is 0.508 e. The number of nitrogens with two attached hydrogens (primary N) is 1. The van der Waals surface area contributed by atoms with Crippen molar-refractivity contribution in [1.82, 2.24) is 4.90 Å². The smallest absolute Gasteiger partial charge is 0.313 e. The zero-order valence-electron chi connectivity index (χ0n) is 13.6. The molecule has 26 heavy (non-hydrogen) atoms. The number of carbonyl (C=O) groups excluding carboxylic acids is 3. The highest BCUT2D eigenvalue weighted by molar-refractivity contribution is 6.40. The van der Waals surface area contributed by atoms with Gasteiger partial charge in [-0.15, -0.1) is 0 Å². The number of phenols is 1. The van der Waals surface area contributed by atoms with Gasteiger partial charge < -0.3 is 21.1 Å². The van der Waals surface area contributed by atoms with Gasteiger partial charge in [0.1, 0.15) is 11.8 Å². The van der Waals surface area contributed by atoms with Crippen LogP contribution in [0.3, 0.4) is 0 Å². The van der Waals surface area contributed by atoms with E-state index in [0.29, 0.717) is 21.8 Å². The number of phenolic OH excluding ortho intramolecular Hbond substituents is 1. The molecule has 0 unspecified atom stereocenters. The summed E-state index contributed by atoms with van der Waals surface area (Å²) >= 11 is 6.01. The van der Waals surface area contributed by atoms with Gasteiger partial charge >= 0.3 is 11.8 Å². The van der Waals surface area contributed by atoms with Crippen molar-refractivity contribution in [2.75, 3.05) is 5.32 Å². The fourth-order valence-electron chi connectivity index (χ4n) is 2.85. The maximum atomic E-state index is 12.5. The minimum Gasteiger partial charge on any atom is -0.508 e. The van der Waals surface area contributed by atoms with Crippen molar-refractivity contribution in [3.63, 3.8) is 0 Å². The monoisotopic (exact) mass is 373 g/mol. The molecule has 1 aliphatic heterocycles. The highest BCUT2D eigenvalue weighted by Crippen LogP contribution is 2.26. The Morgan fingerprint density at radius 1 is 1.23 bits per heavy atom. The van der Waals surface area contributed by atoms with Gasteiger partial charge in [0.05, 0.1) is 0 Å². The number of benzene rings is 2. The Morgan fingerprint density at radius 2 is 1.92 bits per heavy atom. The zero-order chi connectivity index (χ0) is 18.8. The molecule has 4 N–H and O–H groups in total. The first-order chi connectivity index (χ1) is 12.3. The molecule has 0 saturated heterocycles. The van der Waals surface area contributed by atoms with Crippen molar-refractivity contribution in [2.24, 2.45) is 5.73 Å². The second kappa shape index (κ2) is 7.05. The van der Waals surface area contributed by atoms with Crippen LogP contribution in [0.2, 0.25) is 5.02 Å². The first kappa shape index (κ1) is 17.8. The van der Waals surface area contributed by atoms with E-state index < -0.39 is 23.8 Å². The van der Waals surface area contributed by atoms with Crippen molar-refractivity contribution in [2.45, 2.75) is 19.0 Å². The maximum Gasteiger partial charge on any atom is 0.313 e. The molecule has 1 aliphatic rings. The molecule has 2 aromatic rings. The number of aromatic hydroxyl groups is 1. The van der Waals surface area contributed by atoms with Crippen LogP contribution in [0.4, 0.5) is 5.69 Å². The van der Waals surface area contributed by atoms with Crippen molar-refractivity contribution in [1.29, 1.82) is 0 Å². The standard InChI is InChI=1S/C18H16ClN3O4/c19-12-3-6-14-11(8-12)9-22(18(26)17(25)21-14)15(16(20)24)7-10-1-4-13(23)5-2-10/h1-6,8,15,23H,7,9H2,(H2,20,24)(H,21,25)/t15-/m0/s1. The number of hydrogen-bond acceptors (Lipinski definition) is 4. The fraction of sp³-hybridized carbons (Fsp3) is 0.167. The summed E-state index contributed by atoms with van der Waals surface area (Å²) in [4.78, 5) is 37.9. The lowest BCUT2D eigenvalue weighted by molar-refractivity contribution is -0.147. The van der Waals surface area contributed by atoms with E-state index in [-0.39, 0.29) is 18.7 Å². The SMILES string of the molecule is NC(=O)[C@H](Cc1ccc(O)cc1)N1Cc2cc(Cl)ccc2NC(=O)C1=O. The molecule has 2 aromatic carbocycles. The molecule has 1 heterocycles. The van der Waals surface area contributed by atoms with E-state index in [2.05, 4.69) is 5.32 Å². The van der Waals surface area contributed by atoms with Crippen LogP contribution in [0.15, 0.2) is 42.5 Å². The molecule has 0 spiro atoms. The van der Waals surface area contributed by atoms with Crippen LogP contribution in [-0.2, 0) is 27.3 Å². The molecule has 7 nitrogen and oxygen atoms in total. The third kappa shape index (κ3) is 3.62. The molecule has 0 bridgehead atoms. The molecule has 0 radical (unpaired) electrons. The number of primary amides is 1. The van der Waals surface area contributed by atoms with Gasteiger partial charge in [-0.3, -0.25) is 14.4 Å². The molecule has 3 rings (SSSR count). The second-order valence-corrected chi connectivity index (χ2v) is 6.41. The van der Waals surface area contributed by atoms with Gasteiger partial charge in [-0.05, 0) is 41.5 Å². The summed E-state index contributed by atoms with van der Waals surface area (Å²) in [5, 5.41) is 12.3. The quantitative estimate of drug-likeness (QED) is 0.703. The molecule has 3 amide bonds. The van der Waals surface area contributed by atoms with Crippen molar-refractivity contribution in [3.8, 4) is 5.75 Å². The van der Waals surface area contributed by atoms with Crippen LogP contribution in [0, 0.1) is 0 Å². The number of nitrogens with zero attached hydrogens (tertiary/aromatic N) is 1. The Bertz CT molecular complexity index is 883. The normalized spacial score (nSPS) is 15.0. The first-order valence-electron chi connectivity index (χ1n) is 7.83. The van der Waals surface area contributed by atoms with Crippen LogP contribution in [0.1, 0.15) is 11.1 Å². The first-order valence-corrected chi connectivity index (χ1v) is 8.20. The van der Waals surface area contributed by atoms with Crippen molar-refractivity contribution in [3.05, 3.63) is 58.6 Å². The summed E-state index contributed by atoms with van der Waals surface area (Å²) in [6.45, 7) is 0.0131. The number of amides is 3. The Morgan fingerprint density at radius 3 is 2.58 bits per heavy atom. The lowest BCUT2D eigenvalue weighted by atomic mass is 10.0. The molecule has 0 saturated carbocycles. The van der Waals surface area contributed by atoms with Crippen LogP contribution < -0.4 is 11.1 Å². The summed E-state index contributed by atoms with van der Waals surface area (Å²) in [7, 11) is 0. The molecule has 8 heteroatoms. The minimum absolute atomic E-state index is 0.0131. The molecule has 1 atom stereocenters. The van der Waals surface area contributed by atoms with E-state index in [1.807, 2.05) is 0 Å². The predicted molar refractivity (Wildman–Crippen MR) is 95.4 cm³/mol. The van der Waals surface area contributed by atoms with E-state index in [0.717, 1.165) is 4.90 Å². The van der Waals surface area contributed by atoms with Crippen LogP contribution in [0.25, 0.3) is 0 Å². The lowest BCUT2D eigenvalue weighted by Crippen LogP contribution is -2.50. The number of fused-ring (bicyclic) bond motifs is 1. The van der Waals surface area contributed by atoms with Gasteiger partial charge in [0.15, 0.2) is 0 Å². The average molecular weight is 374 g/mol. The fourth-order valence-corrected chi connectivity index (χ4v) is 3.04. The van der Waals surface area contributed by atoms with Crippen LogP contribution >= 0.6 is 11.6 Å². The van der Waals surface area contributed by atoms with Gasteiger partial charge in [0.2, 0.25) is 5.91 Å². The third-order valence-corrected chi connectivity index (χ3v) is 4.42. The Kier molecular flexibility index (Phi) is 4.81. The zero-order valence-corrected chi connectivity index (χ0v) is 14.4. The number of nitrogens with one attached hydrogen (secondary N) is 1. The summed E-state index contributed by atoms with van der Waals surface area (Å²) in [6, 6.07) is 9.99. The van der Waals surface area contributed by atoms with E-state index in [1.165, 1.54) is 12.1 Å². The molecule has 0 aromatic heterocycles. The number of anilines is 1. The molecule has 0 aliphatic carbocycles. The maximum absolute atomic E-state index is 12.5. The van der Waals surface area contributed by atoms with E-state index in [4.69, 9.17) is 17.3 Å². The minimum atomic E-state index is -1.03. The van der Waals surface area contributed by atoms with Crippen LogP contribution in [-0.4, -0.2) is 33.8 Å². The van der Waals surface area contributed by atoms with E-state index >= 15 is 0 Å². The Labute approximate surface area is 154 Å². The number of carbonyl (C=O) groups is 3. The Hall–Kier alpha value is -3.06. The summed E-state index contributed by atoms with van der Waals surface area (Å²) in [6.07, 6.45) is 0.116. The molecule has 0 fully saturated rings. The summed E-state index contributed by atoms with van der Waals surface area (Å²) in [5.74, 6) is -2.34. The van der Waals surface area contributed by atoms with Gasteiger partial charge in [0, 0.05) is 23.7 Å². The highest BCUT2D eigenvalue weighted by Gasteiger charge is 2.35. The highest BCUT2D eigenvalue weighted by atomic mass is 35.5. The summed E-state index contributed by atoms with van der Waals surface area (Å²) < 4.78 is 0. The summed E-state index contributed by atoms with van der Waals surface area (Å²) in [5.41, 5.74) is 7.27. The van der Waals surface area contributed by atoms with E-state index in [9.17, 15) is 19.5 Å². The second-order valence-electron chi connectivity index (χ2n) is 5.98. The van der Waals surface area contributed by atoms with Gasteiger partial charge in [0.25, 0.3) is 0 Å². The number of halogens is 1. The Balaban J connectivity index is 1.96. The molecule has 134 valence electrons. The van der Waals surface area contributed by atoms with Crippen molar-refractivity contribution < 1.29 is 19.5 Å². The lowest BCUT2D eigenvalue weighted by Gasteiger charge is -2.28. The van der Waals surface area contributed by atoms with Crippen molar-refractivity contribution >= 4 is 35.0 Å². The third-order valence-electron chi connectivity index (χ3n) is 4.18. The number of rotatable bonds is 4. The van der Waals surface area contributed by atoms with Gasteiger partial charge in [-0.2, -0.15) is 0 Å². The molecular formula is C18H16ClN3O4. The average Bonchev–Trinajstić information content (AvgIpc) is 2.71. The van der Waals surface area contributed by atoms with Gasteiger partial charge in [-0.1, -0.05) is 23.7 Å².